The van der Waals surface area contributed by atoms with Gasteiger partial charge >= 0.3 is 5.97 Å². The number of rotatable bonds is 7. The number of hydrogen-bond acceptors (Lipinski definition) is 5. The van der Waals surface area contributed by atoms with Gasteiger partial charge in [0.05, 0.1) is 31.9 Å². The smallest absolute Gasteiger partial charge is 0.335 e. The molecule has 0 N–H and O–H groups in total. The van der Waals surface area contributed by atoms with Crippen LogP contribution >= 0.6 is 0 Å². The van der Waals surface area contributed by atoms with Gasteiger partial charge in [-0.1, -0.05) is 45.0 Å². The minimum absolute atomic E-state index is 0.0397. The number of methoxy groups -OCH3 is 1. The van der Waals surface area contributed by atoms with E-state index in [1.807, 2.05) is 0 Å². The topological polar surface area (TPSA) is 48.0 Å². The third-order valence-corrected chi connectivity index (χ3v) is 11.9. The normalized spacial score (nSPS) is 22.5. The number of nitrogens with zero attached hydrogens (tertiary/aromatic N) is 1. The fourth-order valence-electron chi connectivity index (χ4n) is 4.18. The standard InChI is InChI=1S/C25H39NO4Si/c1-25(2,3)31(6,7)30-14-8-9-18-10-12-19(13-11-18)21-15-20-16-29-17-22(26(20)4)23(21)24(27)28-5/h10-13,20,22H,8-9,14-17H2,1-7H3/t20?,22-/m1/s1. The Bertz CT molecular complexity index is 810. The molecule has 0 aromatic heterocycles. The van der Waals surface area contributed by atoms with Crippen molar-refractivity contribution >= 4 is 19.9 Å². The maximum atomic E-state index is 12.6. The number of aryl methyl sites for hydroxylation is 1. The van der Waals surface area contributed by atoms with Crippen molar-refractivity contribution in [3.8, 4) is 0 Å². The molecule has 1 saturated heterocycles. The first kappa shape index (κ1) is 24.2. The number of ether oxygens (including phenoxy) is 2. The van der Waals surface area contributed by atoms with Crippen molar-refractivity contribution < 1.29 is 18.7 Å². The van der Waals surface area contributed by atoms with Crippen LogP contribution < -0.4 is 0 Å². The molecule has 0 aliphatic carbocycles. The molecule has 1 fully saturated rings. The molecule has 1 aromatic carbocycles. The lowest BCUT2D eigenvalue weighted by Gasteiger charge is -2.44. The highest BCUT2D eigenvalue weighted by Gasteiger charge is 2.41. The zero-order chi connectivity index (χ0) is 22.8. The van der Waals surface area contributed by atoms with Crippen LogP contribution in [-0.2, 0) is 25.1 Å². The molecular formula is C25H39NO4Si. The maximum absolute atomic E-state index is 12.6. The first-order valence-electron chi connectivity index (χ1n) is 11.4. The van der Waals surface area contributed by atoms with Crippen molar-refractivity contribution in [1.82, 2.24) is 4.90 Å². The van der Waals surface area contributed by atoms with Crippen LogP contribution in [0.1, 0.15) is 44.7 Å². The van der Waals surface area contributed by atoms with Crippen molar-refractivity contribution in [3.05, 3.63) is 41.0 Å². The third kappa shape index (κ3) is 5.30. The molecule has 2 heterocycles. The van der Waals surface area contributed by atoms with E-state index in [1.54, 1.807) is 0 Å². The fraction of sp³-hybridized carbons (Fsp3) is 0.640. The van der Waals surface area contributed by atoms with E-state index < -0.39 is 8.32 Å². The van der Waals surface area contributed by atoms with E-state index in [1.165, 1.54) is 12.7 Å². The predicted molar refractivity (Wildman–Crippen MR) is 128 cm³/mol. The maximum Gasteiger partial charge on any atom is 0.335 e. The average molecular weight is 446 g/mol. The second kappa shape index (κ2) is 9.57. The molecule has 0 spiro atoms. The molecule has 1 unspecified atom stereocenters. The molecule has 0 amide bonds. The Balaban J connectivity index is 1.69. The number of fused-ring (bicyclic) bond motifs is 2. The molecule has 1 aromatic rings. The Morgan fingerprint density at radius 3 is 2.48 bits per heavy atom. The highest BCUT2D eigenvalue weighted by molar-refractivity contribution is 6.74. The third-order valence-electron chi connectivity index (χ3n) is 7.34. The van der Waals surface area contributed by atoms with Gasteiger partial charge in [0.15, 0.2) is 8.32 Å². The van der Waals surface area contributed by atoms with Crippen molar-refractivity contribution in [3.63, 3.8) is 0 Å². The molecule has 172 valence electrons. The molecule has 2 bridgehead atoms. The number of likely N-dealkylation sites (N-methyl/N-ethyl adjacent to an activating group) is 1. The lowest BCUT2D eigenvalue weighted by Crippen LogP contribution is -2.54. The Morgan fingerprint density at radius 1 is 1.19 bits per heavy atom. The van der Waals surface area contributed by atoms with Gasteiger partial charge in [-0.05, 0) is 61.1 Å². The summed E-state index contributed by atoms with van der Waals surface area (Å²) in [5.41, 5.74) is 4.28. The second-order valence-electron chi connectivity index (χ2n) is 10.4. The van der Waals surface area contributed by atoms with Crippen LogP contribution in [0.5, 0.6) is 0 Å². The van der Waals surface area contributed by atoms with Gasteiger partial charge in [0.25, 0.3) is 0 Å². The summed E-state index contributed by atoms with van der Waals surface area (Å²) in [7, 11) is 1.85. The molecule has 2 atom stereocenters. The number of esters is 1. The van der Waals surface area contributed by atoms with E-state index in [9.17, 15) is 4.79 Å². The van der Waals surface area contributed by atoms with Gasteiger partial charge in [-0.3, -0.25) is 4.90 Å². The summed E-state index contributed by atoms with van der Waals surface area (Å²) in [6.45, 7) is 13.5. The number of morpholine rings is 1. The summed E-state index contributed by atoms with van der Waals surface area (Å²) in [6, 6.07) is 8.95. The zero-order valence-electron chi connectivity index (χ0n) is 20.3. The molecule has 0 radical (unpaired) electrons. The molecule has 5 nitrogen and oxygen atoms in total. The highest BCUT2D eigenvalue weighted by atomic mass is 28.4. The van der Waals surface area contributed by atoms with E-state index in [2.05, 4.69) is 70.1 Å². The fourth-order valence-corrected chi connectivity index (χ4v) is 5.26. The summed E-state index contributed by atoms with van der Waals surface area (Å²) >= 11 is 0. The van der Waals surface area contributed by atoms with Crippen LogP contribution in [-0.4, -0.2) is 65.2 Å². The van der Waals surface area contributed by atoms with Crippen LogP contribution in [0.3, 0.4) is 0 Å². The highest BCUT2D eigenvalue weighted by Crippen LogP contribution is 2.38. The number of hydrogen-bond donors (Lipinski definition) is 0. The van der Waals surface area contributed by atoms with Gasteiger partial charge in [-0.2, -0.15) is 0 Å². The molecular weight excluding hydrogens is 406 g/mol. The average Bonchev–Trinajstić information content (AvgIpc) is 2.70. The molecule has 2 aliphatic rings. The number of carbonyl (C=O) groups excluding carboxylic acids is 1. The minimum atomic E-state index is -1.68. The van der Waals surface area contributed by atoms with Gasteiger partial charge in [-0.25, -0.2) is 4.79 Å². The summed E-state index contributed by atoms with van der Waals surface area (Å²) in [5.74, 6) is -0.248. The Hall–Kier alpha value is -1.47. The summed E-state index contributed by atoms with van der Waals surface area (Å²) in [5, 5.41) is 0.247. The molecule has 31 heavy (non-hydrogen) atoms. The largest absolute Gasteiger partial charge is 0.466 e. The van der Waals surface area contributed by atoms with Gasteiger partial charge in [-0.15, -0.1) is 0 Å². The van der Waals surface area contributed by atoms with E-state index in [4.69, 9.17) is 13.9 Å². The van der Waals surface area contributed by atoms with E-state index in [0.29, 0.717) is 19.3 Å². The minimum Gasteiger partial charge on any atom is -0.466 e. The van der Waals surface area contributed by atoms with E-state index in [-0.39, 0.29) is 17.0 Å². The van der Waals surface area contributed by atoms with E-state index in [0.717, 1.165) is 42.6 Å². The SMILES string of the molecule is COC(=O)C1=C(c2ccc(CCCO[Si](C)(C)C(C)(C)C)cc2)CC2COC[C@H]1N2C. The summed E-state index contributed by atoms with van der Waals surface area (Å²) < 4.78 is 17.2. The number of carbonyl (C=O) groups is 1. The van der Waals surface area contributed by atoms with Crippen molar-refractivity contribution in [1.29, 1.82) is 0 Å². The summed E-state index contributed by atoms with van der Waals surface area (Å²) in [4.78, 5) is 14.9. The molecule has 2 aliphatic heterocycles. The Kier molecular flexibility index (Phi) is 7.46. The van der Waals surface area contributed by atoms with Gasteiger partial charge in [0, 0.05) is 12.6 Å². The predicted octanol–water partition coefficient (Wildman–Crippen LogP) is 4.67. The van der Waals surface area contributed by atoms with Crippen LogP contribution in [0.4, 0.5) is 0 Å². The lowest BCUT2D eigenvalue weighted by molar-refractivity contribution is -0.138. The van der Waals surface area contributed by atoms with Crippen LogP contribution in [0.15, 0.2) is 29.8 Å². The van der Waals surface area contributed by atoms with Crippen LogP contribution in [0.25, 0.3) is 5.57 Å². The van der Waals surface area contributed by atoms with Gasteiger partial charge in [0.2, 0.25) is 0 Å². The molecule has 6 heteroatoms. The summed E-state index contributed by atoms with van der Waals surface area (Å²) in [6.07, 6.45) is 2.82. The zero-order valence-corrected chi connectivity index (χ0v) is 21.3. The van der Waals surface area contributed by atoms with Crippen molar-refractivity contribution in [2.45, 2.75) is 70.2 Å². The first-order chi connectivity index (χ1) is 14.5. The Labute approximate surface area is 188 Å². The monoisotopic (exact) mass is 445 g/mol. The quantitative estimate of drug-likeness (QED) is 0.347. The Morgan fingerprint density at radius 2 is 1.87 bits per heavy atom. The van der Waals surface area contributed by atoms with Gasteiger partial charge in [0.1, 0.15) is 0 Å². The molecule has 3 rings (SSSR count). The second-order valence-corrected chi connectivity index (χ2v) is 15.2. The van der Waals surface area contributed by atoms with Crippen molar-refractivity contribution in [2.75, 3.05) is 34.0 Å². The van der Waals surface area contributed by atoms with E-state index >= 15 is 0 Å². The lowest BCUT2D eigenvalue weighted by atomic mass is 9.83. The van der Waals surface area contributed by atoms with Gasteiger partial charge < -0.3 is 13.9 Å². The number of benzene rings is 1. The van der Waals surface area contributed by atoms with Crippen LogP contribution in [0.2, 0.25) is 18.1 Å². The molecule has 0 saturated carbocycles. The van der Waals surface area contributed by atoms with Crippen molar-refractivity contribution in [2.24, 2.45) is 0 Å². The van der Waals surface area contributed by atoms with Crippen LogP contribution in [0, 0.1) is 0 Å². The first-order valence-corrected chi connectivity index (χ1v) is 14.3.